The zero-order valence-electron chi connectivity index (χ0n) is 21.6. The van der Waals surface area contributed by atoms with Crippen LogP contribution in [0.15, 0.2) is 36.4 Å². The fraction of sp³-hybridized carbons (Fsp3) is 0.533. The standard InChI is InChI=1S/C30H39NO3/c1-19(2)24-16-23-12-13-27-29(5,18-31-28(33)22-10-8-20(3)9-11-22)14-7-15-30(27,6)25(23)17-26(24)34-21(4)32/h8-11,16-17,19,27H,7,12-15,18H2,1-6H3,(H,31,33)/t27-,29-,30+/m0/s1. The second-order valence-corrected chi connectivity index (χ2v) is 11.4. The number of carbonyl (C=O) groups is 2. The van der Waals surface area contributed by atoms with Crippen LogP contribution in [0.3, 0.4) is 0 Å². The van der Waals surface area contributed by atoms with Gasteiger partial charge in [0.05, 0.1) is 0 Å². The Morgan fingerprint density at radius 2 is 1.82 bits per heavy atom. The van der Waals surface area contributed by atoms with Crippen LogP contribution in [0.1, 0.15) is 98.8 Å². The van der Waals surface area contributed by atoms with Crippen LogP contribution >= 0.6 is 0 Å². The van der Waals surface area contributed by atoms with Crippen molar-refractivity contribution in [2.24, 2.45) is 11.3 Å². The first-order chi connectivity index (χ1) is 16.0. The van der Waals surface area contributed by atoms with Crippen molar-refractivity contribution in [2.75, 3.05) is 6.54 Å². The molecule has 0 heterocycles. The molecule has 182 valence electrons. The number of hydrogen-bond donors (Lipinski definition) is 1. The Bertz CT molecular complexity index is 1090. The van der Waals surface area contributed by atoms with Gasteiger partial charge in [-0.1, -0.05) is 57.9 Å². The van der Waals surface area contributed by atoms with Crippen LogP contribution in [0, 0.1) is 18.3 Å². The van der Waals surface area contributed by atoms with Crippen molar-refractivity contribution >= 4 is 11.9 Å². The highest BCUT2D eigenvalue weighted by molar-refractivity contribution is 5.94. The van der Waals surface area contributed by atoms with Gasteiger partial charge in [0.1, 0.15) is 5.75 Å². The predicted molar refractivity (Wildman–Crippen MR) is 136 cm³/mol. The van der Waals surface area contributed by atoms with Crippen LogP contribution in [0.25, 0.3) is 0 Å². The molecule has 2 aliphatic rings. The Labute approximate surface area is 204 Å². The first kappa shape index (κ1) is 24.5. The van der Waals surface area contributed by atoms with E-state index in [1.54, 1.807) is 0 Å². The predicted octanol–water partition coefficient (Wildman–Crippen LogP) is 6.48. The maximum Gasteiger partial charge on any atom is 0.308 e. The van der Waals surface area contributed by atoms with E-state index < -0.39 is 0 Å². The molecular formula is C30H39NO3. The second kappa shape index (κ2) is 9.20. The summed E-state index contributed by atoms with van der Waals surface area (Å²) >= 11 is 0. The van der Waals surface area contributed by atoms with Crippen molar-refractivity contribution in [3.63, 3.8) is 0 Å². The molecule has 3 atom stereocenters. The molecule has 2 aromatic carbocycles. The maximum absolute atomic E-state index is 12.9. The van der Waals surface area contributed by atoms with Crippen LogP contribution < -0.4 is 10.1 Å². The first-order valence-electron chi connectivity index (χ1n) is 12.7. The van der Waals surface area contributed by atoms with Gasteiger partial charge in [-0.2, -0.15) is 0 Å². The van der Waals surface area contributed by atoms with Crippen molar-refractivity contribution in [1.82, 2.24) is 5.32 Å². The molecule has 34 heavy (non-hydrogen) atoms. The highest BCUT2D eigenvalue weighted by Gasteiger charge is 2.52. The summed E-state index contributed by atoms with van der Waals surface area (Å²) in [5.74, 6) is 1.19. The Kier molecular flexibility index (Phi) is 6.63. The number of amides is 1. The molecule has 4 rings (SSSR count). The highest BCUT2D eigenvalue weighted by atomic mass is 16.5. The van der Waals surface area contributed by atoms with Crippen molar-refractivity contribution in [1.29, 1.82) is 0 Å². The molecule has 0 aliphatic heterocycles. The van der Waals surface area contributed by atoms with Gasteiger partial charge < -0.3 is 10.1 Å². The zero-order valence-corrected chi connectivity index (χ0v) is 21.6. The minimum atomic E-state index is -0.272. The Balaban J connectivity index is 1.62. The maximum atomic E-state index is 12.9. The van der Waals surface area contributed by atoms with Crippen LogP contribution in [0.2, 0.25) is 0 Å². The number of rotatable bonds is 5. The van der Waals surface area contributed by atoms with E-state index >= 15 is 0 Å². The third kappa shape index (κ3) is 4.52. The number of ether oxygens (including phenoxy) is 1. The summed E-state index contributed by atoms with van der Waals surface area (Å²) in [7, 11) is 0. The molecule has 1 saturated carbocycles. The molecule has 4 nitrogen and oxygen atoms in total. The van der Waals surface area contributed by atoms with Crippen LogP contribution in [0.5, 0.6) is 5.75 Å². The largest absolute Gasteiger partial charge is 0.426 e. The lowest BCUT2D eigenvalue weighted by molar-refractivity contribution is -0.131. The molecule has 1 fully saturated rings. The van der Waals surface area contributed by atoms with Gasteiger partial charge in [-0.25, -0.2) is 0 Å². The molecule has 4 heteroatoms. The summed E-state index contributed by atoms with van der Waals surface area (Å²) < 4.78 is 5.69. The summed E-state index contributed by atoms with van der Waals surface area (Å²) in [5, 5.41) is 3.26. The molecule has 0 bridgehead atoms. The van der Waals surface area contributed by atoms with E-state index in [1.165, 1.54) is 18.1 Å². The van der Waals surface area contributed by atoms with Crippen molar-refractivity contribution in [3.05, 3.63) is 64.2 Å². The summed E-state index contributed by atoms with van der Waals surface area (Å²) in [6.45, 7) is 13.2. The van der Waals surface area contributed by atoms with Crippen LogP contribution in [-0.2, 0) is 16.6 Å². The number of fused-ring (bicyclic) bond motifs is 3. The summed E-state index contributed by atoms with van der Waals surface area (Å²) in [5.41, 5.74) is 5.73. The number of aryl methyl sites for hydroxylation is 2. The van der Waals surface area contributed by atoms with Gasteiger partial charge in [-0.15, -0.1) is 0 Å². The monoisotopic (exact) mass is 461 g/mol. The molecule has 0 saturated heterocycles. The Hall–Kier alpha value is -2.62. The van der Waals surface area contributed by atoms with E-state index in [2.05, 4.69) is 45.1 Å². The van der Waals surface area contributed by atoms with E-state index in [1.807, 2.05) is 31.2 Å². The zero-order chi connectivity index (χ0) is 24.7. The highest BCUT2D eigenvalue weighted by Crippen LogP contribution is 2.57. The van der Waals surface area contributed by atoms with Gasteiger partial charge in [0.2, 0.25) is 0 Å². The molecular weight excluding hydrogens is 422 g/mol. The topological polar surface area (TPSA) is 55.4 Å². The Morgan fingerprint density at radius 1 is 1.12 bits per heavy atom. The number of benzene rings is 2. The third-order valence-corrected chi connectivity index (χ3v) is 8.45. The van der Waals surface area contributed by atoms with E-state index in [-0.39, 0.29) is 22.7 Å². The lowest BCUT2D eigenvalue weighted by Gasteiger charge is -2.55. The van der Waals surface area contributed by atoms with Gasteiger partial charge in [-0.05, 0) is 90.2 Å². The van der Waals surface area contributed by atoms with E-state index in [9.17, 15) is 9.59 Å². The first-order valence-corrected chi connectivity index (χ1v) is 12.7. The van der Waals surface area contributed by atoms with Crippen LogP contribution in [-0.4, -0.2) is 18.4 Å². The Morgan fingerprint density at radius 3 is 2.47 bits per heavy atom. The van der Waals surface area contributed by atoms with Gasteiger partial charge in [0, 0.05) is 19.0 Å². The number of hydrogen-bond acceptors (Lipinski definition) is 3. The fourth-order valence-electron chi connectivity index (χ4n) is 6.64. The van der Waals surface area contributed by atoms with Gasteiger partial charge in [-0.3, -0.25) is 9.59 Å². The molecule has 2 aliphatic carbocycles. The second-order valence-electron chi connectivity index (χ2n) is 11.4. The lowest BCUT2D eigenvalue weighted by Crippen LogP contribution is -2.53. The smallest absolute Gasteiger partial charge is 0.308 e. The number of esters is 1. The van der Waals surface area contributed by atoms with Gasteiger partial charge in [0.25, 0.3) is 5.91 Å². The van der Waals surface area contributed by atoms with Crippen molar-refractivity contribution in [3.8, 4) is 5.75 Å². The minimum Gasteiger partial charge on any atom is -0.426 e. The van der Waals surface area contributed by atoms with Crippen molar-refractivity contribution in [2.45, 2.75) is 85.0 Å². The lowest BCUT2D eigenvalue weighted by atomic mass is 9.49. The van der Waals surface area contributed by atoms with E-state index in [0.717, 1.165) is 43.2 Å². The minimum absolute atomic E-state index is 0.000418. The number of carbonyl (C=O) groups excluding carboxylic acids is 2. The summed E-state index contributed by atoms with van der Waals surface area (Å²) in [4.78, 5) is 24.7. The van der Waals surface area contributed by atoms with Crippen molar-refractivity contribution < 1.29 is 14.3 Å². The molecule has 2 aromatic rings. The fourth-order valence-corrected chi connectivity index (χ4v) is 6.64. The number of nitrogens with one attached hydrogen (secondary N) is 1. The van der Waals surface area contributed by atoms with E-state index in [0.29, 0.717) is 29.7 Å². The van der Waals surface area contributed by atoms with Gasteiger partial charge in [0.15, 0.2) is 0 Å². The molecule has 1 amide bonds. The summed E-state index contributed by atoms with van der Waals surface area (Å²) in [6, 6.07) is 12.2. The van der Waals surface area contributed by atoms with E-state index in [4.69, 9.17) is 4.74 Å². The average molecular weight is 462 g/mol. The third-order valence-electron chi connectivity index (χ3n) is 8.45. The quantitative estimate of drug-likeness (QED) is 0.409. The van der Waals surface area contributed by atoms with Gasteiger partial charge >= 0.3 is 5.97 Å². The van der Waals surface area contributed by atoms with Crippen LogP contribution in [0.4, 0.5) is 0 Å². The molecule has 0 aromatic heterocycles. The summed E-state index contributed by atoms with van der Waals surface area (Å²) in [6.07, 6.45) is 5.49. The normalized spacial score (nSPS) is 25.9. The SMILES string of the molecule is CC(=O)Oc1cc2c(cc1C(C)C)CC[C@H]1[C@](C)(CNC(=O)c3ccc(C)cc3)CCC[C@]21C. The molecule has 0 spiro atoms. The molecule has 0 radical (unpaired) electrons. The average Bonchev–Trinajstić information content (AvgIpc) is 2.77. The molecule has 1 N–H and O–H groups in total. The molecule has 0 unspecified atom stereocenters.